The molecular weight excluding hydrogens is 446 g/mol. The fourth-order valence-electron chi connectivity index (χ4n) is 2.46. The summed E-state index contributed by atoms with van der Waals surface area (Å²) in [6.45, 7) is 1.88. The molecule has 0 spiro atoms. The van der Waals surface area contributed by atoms with Gasteiger partial charge in [-0.3, -0.25) is 4.79 Å². The van der Waals surface area contributed by atoms with Crippen LogP contribution in [0.15, 0.2) is 62.6 Å². The highest BCUT2D eigenvalue weighted by atomic mass is 79.9. The Kier molecular flexibility index (Phi) is 6.58. The van der Waals surface area contributed by atoms with E-state index in [1.807, 2.05) is 25.1 Å². The SMILES string of the molecule is CCC(Sc1c([O-])on[n+]1-c1ccc(OC)cc1)C(=O)Nc1ccccc1Br. The van der Waals surface area contributed by atoms with Crippen molar-refractivity contribution in [2.45, 2.75) is 23.6 Å². The zero-order chi connectivity index (χ0) is 20.1. The molecule has 1 unspecified atom stereocenters. The Bertz CT molecular complexity index is 962. The van der Waals surface area contributed by atoms with Crippen LogP contribution in [0, 0.1) is 0 Å². The van der Waals surface area contributed by atoms with E-state index in [4.69, 9.17) is 9.26 Å². The summed E-state index contributed by atoms with van der Waals surface area (Å²) < 4.78 is 12.2. The minimum Gasteiger partial charge on any atom is -0.538 e. The molecule has 0 bridgehead atoms. The number of carbonyl (C=O) groups excluding carboxylic acids is 1. The Labute approximate surface area is 174 Å². The summed E-state index contributed by atoms with van der Waals surface area (Å²) in [6.07, 6.45) is 0.522. The highest BCUT2D eigenvalue weighted by Crippen LogP contribution is 2.31. The third-order valence-corrected chi connectivity index (χ3v) is 6.02. The van der Waals surface area contributed by atoms with Gasteiger partial charge in [0, 0.05) is 16.6 Å². The number of thioether (sulfide) groups is 1. The molecule has 146 valence electrons. The first-order chi connectivity index (χ1) is 13.5. The number of anilines is 1. The maximum Gasteiger partial charge on any atom is 0.298 e. The summed E-state index contributed by atoms with van der Waals surface area (Å²) in [5, 5.41) is 18.6. The Balaban J connectivity index is 1.82. The molecule has 0 aliphatic carbocycles. The van der Waals surface area contributed by atoms with Crippen molar-refractivity contribution in [2.24, 2.45) is 0 Å². The second-order valence-electron chi connectivity index (χ2n) is 5.76. The van der Waals surface area contributed by atoms with Crippen molar-refractivity contribution >= 4 is 39.3 Å². The number of methoxy groups -OCH3 is 1. The minimum absolute atomic E-state index is 0.207. The number of aromatic nitrogens is 2. The van der Waals surface area contributed by atoms with Gasteiger partial charge in [-0.1, -0.05) is 19.1 Å². The zero-order valence-electron chi connectivity index (χ0n) is 15.2. The zero-order valence-corrected chi connectivity index (χ0v) is 17.6. The normalized spacial score (nSPS) is 11.8. The lowest BCUT2D eigenvalue weighted by Gasteiger charge is -2.14. The number of para-hydroxylation sites is 1. The van der Waals surface area contributed by atoms with E-state index in [0.29, 0.717) is 23.5 Å². The fraction of sp³-hybridized carbons (Fsp3) is 0.211. The minimum atomic E-state index is -0.590. The maximum absolute atomic E-state index is 12.7. The van der Waals surface area contributed by atoms with E-state index < -0.39 is 11.2 Å². The van der Waals surface area contributed by atoms with Crippen LogP contribution in [0.25, 0.3) is 5.69 Å². The lowest BCUT2D eigenvalue weighted by Crippen LogP contribution is -2.36. The first-order valence-electron chi connectivity index (χ1n) is 8.49. The summed E-state index contributed by atoms with van der Waals surface area (Å²) in [4.78, 5) is 12.7. The van der Waals surface area contributed by atoms with E-state index in [2.05, 4.69) is 26.5 Å². The Morgan fingerprint density at radius 2 is 2.04 bits per heavy atom. The number of nitrogens with one attached hydrogen (secondary N) is 1. The van der Waals surface area contributed by atoms with Crippen LogP contribution >= 0.6 is 27.7 Å². The Hall–Kier alpha value is -2.52. The summed E-state index contributed by atoms with van der Waals surface area (Å²) in [6, 6.07) is 14.4. The topological polar surface area (TPSA) is 91.3 Å². The Morgan fingerprint density at radius 1 is 1.32 bits per heavy atom. The van der Waals surface area contributed by atoms with Crippen molar-refractivity contribution in [2.75, 3.05) is 12.4 Å². The van der Waals surface area contributed by atoms with Crippen LogP contribution in [0.4, 0.5) is 5.69 Å². The molecule has 1 amide bonds. The molecule has 2 aromatic carbocycles. The van der Waals surface area contributed by atoms with Crippen molar-refractivity contribution in [3.63, 3.8) is 0 Å². The molecule has 1 aromatic heterocycles. The largest absolute Gasteiger partial charge is 0.538 e. The summed E-state index contributed by atoms with van der Waals surface area (Å²) in [7, 11) is 1.57. The van der Waals surface area contributed by atoms with Crippen molar-refractivity contribution in [3.05, 3.63) is 53.0 Å². The number of rotatable bonds is 7. The molecule has 28 heavy (non-hydrogen) atoms. The third kappa shape index (κ3) is 4.48. The molecule has 1 N–H and O–H groups in total. The number of nitrogens with zero attached hydrogens (tertiary/aromatic N) is 2. The van der Waals surface area contributed by atoms with Gasteiger partial charge in [-0.2, -0.15) is 0 Å². The van der Waals surface area contributed by atoms with Crippen molar-refractivity contribution in [1.29, 1.82) is 0 Å². The highest BCUT2D eigenvalue weighted by Gasteiger charge is 2.28. The summed E-state index contributed by atoms with van der Waals surface area (Å²) in [5.41, 5.74) is 1.30. The molecule has 3 aromatic rings. The van der Waals surface area contributed by atoms with E-state index >= 15 is 0 Å². The van der Waals surface area contributed by atoms with Gasteiger partial charge in [-0.25, -0.2) is 0 Å². The third-order valence-electron chi connectivity index (χ3n) is 3.94. The number of halogens is 1. The smallest absolute Gasteiger partial charge is 0.298 e. The molecule has 0 fully saturated rings. The molecule has 0 aliphatic heterocycles. The van der Waals surface area contributed by atoms with Gasteiger partial charge in [0.2, 0.25) is 11.6 Å². The number of carbonyl (C=O) groups is 1. The first-order valence-corrected chi connectivity index (χ1v) is 10.2. The molecule has 0 aliphatic rings. The summed E-state index contributed by atoms with van der Waals surface area (Å²) in [5.74, 6) is -0.113. The molecular formula is C19H18BrN3O4S. The van der Waals surface area contributed by atoms with Gasteiger partial charge >= 0.3 is 0 Å². The molecule has 3 rings (SSSR count). The molecule has 1 atom stereocenters. The van der Waals surface area contributed by atoms with Gasteiger partial charge in [-0.05, 0) is 63.1 Å². The van der Waals surface area contributed by atoms with Crippen LogP contribution in [-0.4, -0.2) is 23.5 Å². The van der Waals surface area contributed by atoms with Crippen LogP contribution in [0.2, 0.25) is 0 Å². The summed E-state index contributed by atoms with van der Waals surface area (Å²) >= 11 is 4.53. The van der Waals surface area contributed by atoms with Gasteiger partial charge < -0.3 is 19.7 Å². The van der Waals surface area contributed by atoms with Crippen molar-refractivity contribution in [1.82, 2.24) is 5.27 Å². The van der Waals surface area contributed by atoms with E-state index in [1.165, 1.54) is 4.68 Å². The highest BCUT2D eigenvalue weighted by molar-refractivity contribution is 9.10. The number of hydrogen-bond donors (Lipinski definition) is 1. The van der Waals surface area contributed by atoms with Gasteiger partial charge in [0.15, 0.2) is 5.95 Å². The molecule has 1 heterocycles. The quantitative estimate of drug-likeness (QED) is 0.426. The van der Waals surface area contributed by atoms with Crippen LogP contribution in [0.5, 0.6) is 11.7 Å². The predicted molar refractivity (Wildman–Crippen MR) is 107 cm³/mol. The van der Waals surface area contributed by atoms with Gasteiger partial charge in [-0.15, -0.1) is 0 Å². The first kappa shape index (κ1) is 20.2. The molecule has 0 saturated carbocycles. The number of benzene rings is 2. The van der Waals surface area contributed by atoms with E-state index in [1.54, 1.807) is 37.4 Å². The fourth-order valence-corrected chi connectivity index (χ4v) is 3.82. The number of amides is 1. The van der Waals surface area contributed by atoms with E-state index in [-0.39, 0.29) is 10.9 Å². The second-order valence-corrected chi connectivity index (χ2v) is 7.80. The van der Waals surface area contributed by atoms with Crippen LogP contribution in [0.1, 0.15) is 13.3 Å². The maximum atomic E-state index is 12.7. The molecule has 0 saturated heterocycles. The molecule has 7 nitrogen and oxygen atoms in total. The van der Waals surface area contributed by atoms with Gasteiger partial charge in [0.05, 0.1) is 23.3 Å². The second kappa shape index (κ2) is 9.11. The lowest BCUT2D eigenvalue weighted by atomic mass is 10.3. The van der Waals surface area contributed by atoms with Crippen molar-refractivity contribution in [3.8, 4) is 17.4 Å². The van der Waals surface area contributed by atoms with E-state index in [0.717, 1.165) is 16.2 Å². The monoisotopic (exact) mass is 463 g/mol. The number of hydrogen-bond acceptors (Lipinski definition) is 6. The molecule has 0 radical (unpaired) electrons. The van der Waals surface area contributed by atoms with Crippen molar-refractivity contribution < 1.29 is 23.8 Å². The van der Waals surface area contributed by atoms with Gasteiger partial charge in [0.25, 0.3) is 5.03 Å². The van der Waals surface area contributed by atoms with Crippen LogP contribution in [-0.2, 0) is 4.79 Å². The van der Waals surface area contributed by atoms with Crippen LogP contribution < -0.4 is 19.8 Å². The molecule has 9 heteroatoms. The average Bonchev–Trinajstić information content (AvgIpc) is 3.08. The predicted octanol–water partition coefficient (Wildman–Crippen LogP) is 3.31. The van der Waals surface area contributed by atoms with Crippen LogP contribution in [0.3, 0.4) is 0 Å². The van der Waals surface area contributed by atoms with E-state index in [9.17, 15) is 9.90 Å². The standard InChI is InChI=1S/C19H18BrN3O4S/c1-3-16(17(24)21-15-7-5-4-6-14(15)20)28-18-19(25)27-22-23(18)12-8-10-13(26-2)11-9-12/h4-11,16H,3H2,1-2H3,(H-,21,22,24,25). The lowest BCUT2D eigenvalue weighted by molar-refractivity contribution is -0.705. The Morgan fingerprint density at radius 3 is 2.68 bits per heavy atom. The average molecular weight is 464 g/mol. The number of ether oxygens (including phenoxy) is 1. The van der Waals surface area contributed by atoms with Gasteiger partial charge in [0.1, 0.15) is 5.75 Å².